The van der Waals surface area contributed by atoms with Gasteiger partial charge in [0.2, 0.25) is 0 Å². The Kier molecular flexibility index (Phi) is 3.95. The number of hydrogen-bond acceptors (Lipinski definition) is 2. The van der Waals surface area contributed by atoms with Crippen LogP contribution in [0.25, 0.3) is 0 Å². The first-order valence-electron chi connectivity index (χ1n) is 7.22. The van der Waals surface area contributed by atoms with E-state index in [1.807, 2.05) is 11.8 Å². The van der Waals surface area contributed by atoms with Crippen LogP contribution in [0.2, 0.25) is 0 Å². The number of rotatable bonds is 5. The smallest absolute Gasteiger partial charge is 0.0189 e. The van der Waals surface area contributed by atoms with Crippen LogP contribution in [-0.2, 0) is 0 Å². The van der Waals surface area contributed by atoms with Crippen molar-refractivity contribution in [2.75, 3.05) is 12.8 Å². The Labute approximate surface area is 115 Å². The van der Waals surface area contributed by atoms with Gasteiger partial charge in [0.25, 0.3) is 0 Å². The summed E-state index contributed by atoms with van der Waals surface area (Å²) in [6, 6.07) is 11.5. The molecule has 3 rings (SSSR count). The van der Waals surface area contributed by atoms with Crippen molar-refractivity contribution >= 4 is 11.8 Å². The van der Waals surface area contributed by atoms with Crippen LogP contribution in [0.1, 0.15) is 25.7 Å². The van der Waals surface area contributed by atoms with Gasteiger partial charge in [-0.1, -0.05) is 24.6 Å². The van der Waals surface area contributed by atoms with Crippen LogP contribution in [0.3, 0.4) is 0 Å². The topological polar surface area (TPSA) is 12.0 Å². The minimum absolute atomic E-state index is 0.700. The molecule has 0 amide bonds. The van der Waals surface area contributed by atoms with Gasteiger partial charge in [0.1, 0.15) is 0 Å². The van der Waals surface area contributed by atoms with Gasteiger partial charge >= 0.3 is 0 Å². The van der Waals surface area contributed by atoms with E-state index in [1.54, 1.807) is 0 Å². The number of hydrogen-bond donors (Lipinski definition) is 1. The quantitative estimate of drug-likeness (QED) is 0.809. The molecule has 0 aliphatic heterocycles. The molecule has 0 aromatic heterocycles. The predicted molar refractivity (Wildman–Crippen MR) is 79.0 cm³/mol. The average molecular weight is 261 g/mol. The maximum Gasteiger partial charge on any atom is 0.0189 e. The number of nitrogens with one attached hydrogen (secondary N) is 1. The molecule has 1 N–H and O–H groups in total. The molecule has 1 aromatic rings. The zero-order valence-corrected chi connectivity index (χ0v) is 12.0. The van der Waals surface area contributed by atoms with Crippen molar-refractivity contribution in [2.24, 2.45) is 17.8 Å². The lowest BCUT2D eigenvalue weighted by atomic mass is 9.84. The SMILES string of the molecule is CNC(CSc1ccccc1)C1CC2CCC1C2. The second-order valence-electron chi connectivity index (χ2n) is 5.86. The van der Waals surface area contributed by atoms with Crippen molar-refractivity contribution < 1.29 is 0 Å². The molecular formula is C16H23NS. The van der Waals surface area contributed by atoms with E-state index in [0.717, 1.165) is 17.8 Å². The molecule has 4 unspecified atom stereocenters. The summed E-state index contributed by atoms with van der Waals surface area (Å²) in [6.07, 6.45) is 5.98. The summed E-state index contributed by atoms with van der Waals surface area (Å²) in [5, 5.41) is 3.58. The Balaban J connectivity index is 1.57. The average Bonchev–Trinajstić information content (AvgIpc) is 3.03. The number of fused-ring (bicyclic) bond motifs is 2. The van der Waals surface area contributed by atoms with Crippen LogP contribution in [0.5, 0.6) is 0 Å². The molecule has 2 bridgehead atoms. The van der Waals surface area contributed by atoms with Gasteiger partial charge < -0.3 is 5.32 Å². The second-order valence-corrected chi connectivity index (χ2v) is 6.95. The highest BCUT2D eigenvalue weighted by Gasteiger charge is 2.42. The van der Waals surface area contributed by atoms with Gasteiger partial charge in [-0.15, -0.1) is 11.8 Å². The molecule has 18 heavy (non-hydrogen) atoms. The molecule has 1 aromatic carbocycles. The zero-order valence-electron chi connectivity index (χ0n) is 11.1. The monoisotopic (exact) mass is 261 g/mol. The maximum atomic E-state index is 3.58. The molecule has 2 aliphatic rings. The molecule has 0 radical (unpaired) electrons. The van der Waals surface area contributed by atoms with Crippen LogP contribution in [0.15, 0.2) is 35.2 Å². The highest BCUT2D eigenvalue weighted by Crippen LogP contribution is 2.49. The molecular weight excluding hydrogens is 238 g/mol. The summed E-state index contributed by atoms with van der Waals surface area (Å²) >= 11 is 2.00. The minimum atomic E-state index is 0.700. The molecule has 0 saturated heterocycles. The van der Waals surface area contributed by atoms with Crippen LogP contribution in [0, 0.1) is 17.8 Å². The predicted octanol–water partition coefficient (Wildman–Crippen LogP) is 3.80. The Hall–Kier alpha value is -0.470. The van der Waals surface area contributed by atoms with Crippen molar-refractivity contribution in [1.82, 2.24) is 5.32 Å². The first-order valence-corrected chi connectivity index (χ1v) is 8.20. The number of thioether (sulfide) groups is 1. The zero-order chi connectivity index (χ0) is 12.4. The van der Waals surface area contributed by atoms with E-state index in [9.17, 15) is 0 Å². The standard InChI is InChI=1S/C16H23NS/c1-17-16(11-18-14-5-3-2-4-6-14)15-10-12-7-8-13(15)9-12/h2-6,12-13,15-17H,7-11H2,1H3. The van der Waals surface area contributed by atoms with Crippen LogP contribution >= 0.6 is 11.8 Å². The number of benzene rings is 1. The molecule has 2 aliphatic carbocycles. The van der Waals surface area contributed by atoms with E-state index in [4.69, 9.17) is 0 Å². The van der Waals surface area contributed by atoms with Gasteiger partial charge in [0, 0.05) is 16.7 Å². The van der Waals surface area contributed by atoms with Crippen LogP contribution < -0.4 is 5.32 Å². The summed E-state index contributed by atoms with van der Waals surface area (Å²) < 4.78 is 0. The lowest BCUT2D eigenvalue weighted by Gasteiger charge is -2.30. The summed E-state index contributed by atoms with van der Waals surface area (Å²) in [5.74, 6) is 4.22. The summed E-state index contributed by atoms with van der Waals surface area (Å²) in [6.45, 7) is 0. The Bertz CT molecular complexity index is 378. The molecule has 4 atom stereocenters. The fourth-order valence-corrected chi connectivity index (χ4v) is 5.05. The third kappa shape index (κ3) is 2.60. The van der Waals surface area contributed by atoms with Crippen molar-refractivity contribution in [3.63, 3.8) is 0 Å². The Morgan fingerprint density at radius 2 is 2.06 bits per heavy atom. The molecule has 0 heterocycles. The second kappa shape index (κ2) is 5.66. The van der Waals surface area contributed by atoms with E-state index >= 15 is 0 Å². The van der Waals surface area contributed by atoms with Crippen molar-refractivity contribution in [3.8, 4) is 0 Å². The van der Waals surface area contributed by atoms with Gasteiger partial charge in [0.15, 0.2) is 0 Å². The Morgan fingerprint density at radius 3 is 2.67 bits per heavy atom. The van der Waals surface area contributed by atoms with Crippen molar-refractivity contribution in [1.29, 1.82) is 0 Å². The third-order valence-electron chi connectivity index (χ3n) is 4.85. The van der Waals surface area contributed by atoms with E-state index in [-0.39, 0.29) is 0 Å². The fourth-order valence-electron chi connectivity index (χ4n) is 3.91. The third-order valence-corrected chi connectivity index (χ3v) is 5.98. The lowest BCUT2D eigenvalue weighted by molar-refractivity contribution is 0.272. The van der Waals surface area contributed by atoms with E-state index < -0.39 is 0 Å². The van der Waals surface area contributed by atoms with Gasteiger partial charge in [-0.25, -0.2) is 0 Å². The van der Waals surface area contributed by atoms with Gasteiger partial charge in [-0.2, -0.15) is 0 Å². The van der Waals surface area contributed by atoms with E-state index in [0.29, 0.717) is 6.04 Å². The van der Waals surface area contributed by atoms with Crippen LogP contribution in [-0.4, -0.2) is 18.8 Å². The molecule has 1 nitrogen and oxygen atoms in total. The summed E-state index contributed by atoms with van der Waals surface area (Å²) in [4.78, 5) is 1.40. The van der Waals surface area contributed by atoms with E-state index in [1.165, 1.54) is 36.3 Å². The highest BCUT2D eigenvalue weighted by atomic mass is 32.2. The maximum absolute atomic E-state index is 3.58. The van der Waals surface area contributed by atoms with Gasteiger partial charge in [0.05, 0.1) is 0 Å². The molecule has 2 saturated carbocycles. The fraction of sp³-hybridized carbons (Fsp3) is 0.625. The van der Waals surface area contributed by atoms with Gasteiger partial charge in [-0.05, 0) is 56.2 Å². The summed E-state index contributed by atoms with van der Waals surface area (Å²) in [7, 11) is 2.14. The summed E-state index contributed by atoms with van der Waals surface area (Å²) in [5.41, 5.74) is 0. The lowest BCUT2D eigenvalue weighted by Crippen LogP contribution is -2.38. The first kappa shape index (κ1) is 12.6. The molecule has 98 valence electrons. The molecule has 2 heteroatoms. The largest absolute Gasteiger partial charge is 0.316 e. The first-order chi connectivity index (χ1) is 8.86. The molecule has 0 spiro atoms. The minimum Gasteiger partial charge on any atom is -0.316 e. The van der Waals surface area contributed by atoms with Gasteiger partial charge in [-0.3, -0.25) is 0 Å². The van der Waals surface area contributed by atoms with E-state index in [2.05, 4.69) is 42.7 Å². The van der Waals surface area contributed by atoms with Crippen LogP contribution in [0.4, 0.5) is 0 Å². The van der Waals surface area contributed by atoms with Crippen molar-refractivity contribution in [3.05, 3.63) is 30.3 Å². The molecule has 2 fully saturated rings. The highest BCUT2D eigenvalue weighted by molar-refractivity contribution is 7.99. The van der Waals surface area contributed by atoms with Crippen molar-refractivity contribution in [2.45, 2.75) is 36.6 Å². The Morgan fingerprint density at radius 1 is 1.22 bits per heavy atom. The normalized spacial score (nSPS) is 31.7.